The molecule has 0 aliphatic carbocycles. The first-order valence-corrected chi connectivity index (χ1v) is 11.6. The van der Waals surface area contributed by atoms with Gasteiger partial charge < -0.3 is 53.2 Å². The van der Waals surface area contributed by atoms with Gasteiger partial charge in [-0.15, -0.1) is 0 Å². The molecule has 0 aromatic carbocycles. The topological polar surface area (TPSA) is 301 Å². The maximum absolute atomic E-state index is 12.7. The molecule has 0 saturated carbocycles. The van der Waals surface area contributed by atoms with Gasteiger partial charge in [0, 0.05) is 12.8 Å². The Hall–Kier alpha value is -3.83. The average Bonchev–Trinajstić information content (AvgIpc) is 2.84. The van der Waals surface area contributed by atoms with Crippen LogP contribution in [0.2, 0.25) is 0 Å². The minimum absolute atomic E-state index is 0.293. The van der Waals surface area contributed by atoms with Crippen molar-refractivity contribution in [2.45, 2.75) is 69.7 Å². The number of nitrogens with one attached hydrogen (secondary N) is 4. The number of aliphatic hydroxyl groups excluding tert-OH is 2. The van der Waals surface area contributed by atoms with Crippen LogP contribution in [0.3, 0.4) is 0 Å². The van der Waals surface area contributed by atoms with Crippen LogP contribution in [-0.2, 0) is 33.6 Å². The predicted octanol–water partition coefficient (Wildman–Crippen LogP) is -4.89. The maximum atomic E-state index is 12.7. The van der Waals surface area contributed by atoms with Crippen LogP contribution in [0.5, 0.6) is 0 Å². The number of nitrogens with two attached hydrogens (primary N) is 2. The third-order valence-corrected chi connectivity index (χ3v) is 5.23. The first-order valence-electron chi connectivity index (χ1n) is 11.6. The number of hydrogen-bond acceptors (Lipinski definition) is 10. The number of hydrogen-bond donors (Lipinski definition) is 10. The molecular weight excluding hydrogens is 512 g/mol. The molecule has 0 aromatic heterocycles. The third kappa shape index (κ3) is 12.4. The summed E-state index contributed by atoms with van der Waals surface area (Å²) in [5, 5.41) is 45.7. The molecule has 0 unspecified atom stereocenters. The number of aliphatic hydroxyl groups is 2. The summed E-state index contributed by atoms with van der Waals surface area (Å²) in [7, 11) is 0. The van der Waals surface area contributed by atoms with Gasteiger partial charge in [-0.3, -0.25) is 28.8 Å². The Balaban J connectivity index is 5.50. The Morgan fingerprint density at radius 2 is 1.05 bits per heavy atom. The molecule has 0 saturated heterocycles. The smallest absolute Gasteiger partial charge is 0.326 e. The summed E-state index contributed by atoms with van der Waals surface area (Å²) in [5.74, 6) is -8.07. The van der Waals surface area contributed by atoms with Gasteiger partial charge in [0.15, 0.2) is 0 Å². The highest BCUT2D eigenvalue weighted by Gasteiger charge is 2.32. The van der Waals surface area contributed by atoms with Crippen molar-refractivity contribution in [3.63, 3.8) is 0 Å². The number of carboxylic acids is 2. The molecule has 17 heteroatoms. The lowest BCUT2D eigenvalue weighted by Gasteiger charge is -2.25. The largest absolute Gasteiger partial charge is 0.481 e. The van der Waals surface area contributed by atoms with Crippen LogP contribution in [0.1, 0.15) is 39.5 Å². The van der Waals surface area contributed by atoms with E-state index in [1.807, 2.05) is 0 Å². The fourth-order valence-corrected chi connectivity index (χ4v) is 2.86. The standard InChI is InChI=1S/C21H36N6O11/c1-9(2)16(23)20(36)27-13(8-29)19(35)26-12(7-28)18(34)24-10(4-6-15(31)32)17(33)25-11(21(37)38)3-5-14(22)30/h9-13,16,28-29H,3-8,23H2,1-2H3,(H2,22,30)(H,24,34)(H,25,33)(H,26,35)(H,27,36)(H,31,32)(H,37,38)/t10-,11-,12-,13-,16-/m0/s1. The van der Waals surface area contributed by atoms with Crippen molar-refractivity contribution in [2.24, 2.45) is 17.4 Å². The molecule has 5 atom stereocenters. The van der Waals surface area contributed by atoms with Crippen molar-refractivity contribution in [2.75, 3.05) is 13.2 Å². The lowest BCUT2D eigenvalue weighted by Crippen LogP contribution is -2.60. The SMILES string of the molecule is CC(C)[C@H](N)C(=O)N[C@@H](CO)C(=O)N[C@@H](CO)C(=O)N[C@@H](CCC(=O)O)C(=O)N[C@@H](CCC(N)=O)C(=O)O. The van der Waals surface area contributed by atoms with E-state index in [2.05, 4.69) is 21.3 Å². The first kappa shape index (κ1) is 34.2. The quantitative estimate of drug-likeness (QED) is 0.0770. The van der Waals surface area contributed by atoms with Gasteiger partial charge in [0.1, 0.15) is 24.2 Å². The van der Waals surface area contributed by atoms with Crippen LogP contribution in [0.25, 0.3) is 0 Å². The molecule has 0 heterocycles. The van der Waals surface area contributed by atoms with Crippen LogP contribution < -0.4 is 32.7 Å². The molecule has 0 rings (SSSR count). The molecule has 0 aliphatic heterocycles. The average molecular weight is 549 g/mol. The fourth-order valence-electron chi connectivity index (χ4n) is 2.86. The van der Waals surface area contributed by atoms with E-state index in [-0.39, 0.29) is 18.8 Å². The van der Waals surface area contributed by atoms with Gasteiger partial charge in [0.05, 0.1) is 19.3 Å². The monoisotopic (exact) mass is 548 g/mol. The number of rotatable bonds is 18. The van der Waals surface area contributed by atoms with Crippen molar-refractivity contribution < 1.29 is 54.0 Å². The van der Waals surface area contributed by atoms with Gasteiger partial charge in [-0.05, 0) is 18.8 Å². The minimum atomic E-state index is -1.71. The summed E-state index contributed by atoms with van der Waals surface area (Å²) in [6.07, 6.45) is -1.88. The zero-order chi connectivity index (χ0) is 29.6. The number of amides is 5. The van der Waals surface area contributed by atoms with E-state index >= 15 is 0 Å². The molecule has 38 heavy (non-hydrogen) atoms. The molecule has 0 fully saturated rings. The Morgan fingerprint density at radius 1 is 0.658 bits per heavy atom. The highest BCUT2D eigenvalue weighted by atomic mass is 16.4. The zero-order valence-electron chi connectivity index (χ0n) is 21.0. The van der Waals surface area contributed by atoms with E-state index in [1.165, 1.54) is 0 Å². The van der Waals surface area contributed by atoms with Gasteiger partial charge in [-0.25, -0.2) is 4.79 Å². The third-order valence-electron chi connectivity index (χ3n) is 5.23. The van der Waals surface area contributed by atoms with Crippen LogP contribution >= 0.6 is 0 Å². The van der Waals surface area contributed by atoms with Crippen LogP contribution in [0, 0.1) is 5.92 Å². The Morgan fingerprint density at radius 3 is 1.45 bits per heavy atom. The highest BCUT2D eigenvalue weighted by molar-refractivity contribution is 5.95. The second-order valence-electron chi connectivity index (χ2n) is 8.66. The maximum Gasteiger partial charge on any atom is 0.326 e. The number of primary amides is 1. The van der Waals surface area contributed by atoms with Crippen LogP contribution in [0.4, 0.5) is 0 Å². The molecular formula is C21H36N6O11. The van der Waals surface area contributed by atoms with E-state index in [0.717, 1.165) is 0 Å². The minimum Gasteiger partial charge on any atom is -0.481 e. The van der Waals surface area contributed by atoms with Gasteiger partial charge in [0.2, 0.25) is 29.5 Å². The van der Waals surface area contributed by atoms with E-state index in [4.69, 9.17) is 16.6 Å². The van der Waals surface area contributed by atoms with Crippen molar-refractivity contribution in [1.82, 2.24) is 21.3 Å². The van der Waals surface area contributed by atoms with E-state index in [9.17, 15) is 48.9 Å². The highest BCUT2D eigenvalue weighted by Crippen LogP contribution is 2.04. The number of carboxylic acid groups (broad SMARTS) is 2. The van der Waals surface area contributed by atoms with Gasteiger partial charge in [0.25, 0.3) is 0 Å². The summed E-state index contributed by atoms with van der Waals surface area (Å²) in [5.41, 5.74) is 10.7. The van der Waals surface area contributed by atoms with Crippen LogP contribution in [-0.4, -0.2) is 105 Å². The Bertz CT molecular complexity index is 882. The van der Waals surface area contributed by atoms with E-state index < -0.39 is 97.7 Å². The predicted molar refractivity (Wildman–Crippen MR) is 128 cm³/mol. The van der Waals surface area contributed by atoms with Gasteiger partial charge in [-0.2, -0.15) is 0 Å². The summed E-state index contributed by atoms with van der Waals surface area (Å²) >= 11 is 0. The summed E-state index contributed by atoms with van der Waals surface area (Å²) in [4.78, 5) is 83.2. The number of carbonyl (C=O) groups excluding carboxylic acids is 5. The van der Waals surface area contributed by atoms with Crippen molar-refractivity contribution in [3.05, 3.63) is 0 Å². The second kappa shape index (κ2) is 16.8. The molecule has 0 aliphatic rings. The molecule has 0 radical (unpaired) electrons. The molecule has 12 N–H and O–H groups in total. The first-order chi connectivity index (χ1) is 17.6. The van der Waals surface area contributed by atoms with Gasteiger partial charge in [-0.1, -0.05) is 13.8 Å². The summed E-state index contributed by atoms with van der Waals surface area (Å²) in [6, 6.07) is -7.45. The number of aliphatic carboxylic acids is 2. The lowest BCUT2D eigenvalue weighted by atomic mass is 10.0. The summed E-state index contributed by atoms with van der Waals surface area (Å²) in [6.45, 7) is 1.42. The molecule has 0 spiro atoms. The normalized spacial score (nSPS) is 14.8. The van der Waals surface area contributed by atoms with Gasteiger partial charge >= 0.3 is 11.9 Å². The molecule has 216 valence electrons. The van der Waals surface area contributed by atoms with Crippen LogP contribution in [0.15, 0.2) is 0 Å². The Kier molecular flexibility index (Phi) is 15.1. The number of carbonyl (C=O) groups is 7. The molecule has 0 bridgehead atoms. The van der Waals surface area contributed by atoms with Crippen molar-refractivity contribution in [1.29, 1.82) is 0 Å². The van der Waals surface area contributed by atoms with Crippen molar-refractivity contribution >= 4 is 41.5 Å². The van der Waals surface area contributed by atoms with E-state index in [0.29, 0.717) is 0 Å². The molecule has 5 amide bonds. The zero-order valence-corrected chi connectivity index (χ0v) is 21.0. The fraction of sp³-hybridized carbons (Fsp3) is 0.667. The lowest BCUT2D eigenvalue weighted by molar-refractivity contribution is -0.143. The molecule has 17 nitrogen and oxygen atoms in total. The van der Waals surface area contributed by atoms with Crippen molar-refractivity contribution in [3.8, 4) is 0 Å². The van der Waals surface area contributed by atoms with E-state index in [1.54, 1.807) is 13.8 Å². The second-order valence-corrected chi connectivity index (χ2v) is 8.66. The summed E-state index contributed by atoms with van der Waals surface area (Å²) < 4.78 is 0. The molecule has 0 aromatic rings. The Labute approximate surface area is 217 Å².